The van der Waals surface area contributed by atoms with Crippen LogP contribution in [0.2, 0.25) is 5.02 Å². The number of hydrogen-bond acceptors (Lipinski definition) is 8. The molecule has 61 heavy (non-hydrogen) atoms. The molecule has 2 aromatic carbocycles. The van der Waals surface area contributed by atoms with E-state index in [1.54, 1.807) is 39.1 Å². The first-order chi connectivity index (χ1) is 28.6. The number of cyclic esters (lactones) is 1. The first-order valence-electron chi connectivity index (χ1n) is 19.2. The van der Waals surface area contributed by atoms with Gasteiger partial charge in [0.2, 0.25) is 0 Å². The molecule has 11 nitrogen and oxygen atoms in total. The van der Waals surface area contributed by atoms with Crippen LogP contribution in [0.25, 0.3) is 22.0 Å². The van der Waals surface area contributed by atoms with Gasteiger partial charge in [-0.3, -0.25) is 19.1 Å². The number of hydrogen-bond donors (Lipinski definition) is 0. The lowest BCUT2D eigenvalue weighted by Crippen LogP contribution is -2.43. The molecule has 2 fully saturated rings. The molecule has 0 spiro atoms. The molecule has 1 saturated carbocycles. The van der Waals surface area contributed by atoms with Crippen LogP contribution in [0, 0.1) is 29.4 Å². The summed E-state index contributed by atoms with van der Waals surface area (Å²) in [7, 11) is -2.01. The van der Waals surface area contributed by atoms with Gasteiger partial charge < -0.3 is 4.74 Å². The summed E-state index contributed by atoms with van der Waals surface area (Å²) in [4.78, 5) is 32.9. The number of carbonyl (C=O) groups excluding carboxylic acids is 2. The summed E-state index contributed by atoms with van der Waals surface area (Å²) in [6, 6.07) is 9.20. The molecule has 3 aliphatic rings. The molecule has 3 aromatic heterocycles. The summed E-state index contributed by atoms with van der Waals surface area (Å²) in [5, 5.41) is 8.79. The number of alkyl halides is 4. The van der Waals surface area contributed by atoms with Crippen molar-refractivity contribution in [1.82, 2.24) is 29.4 Å². The normalized spacial score (nSPS) is 18.6. The third-order valence-corrected chi connectivity index (χ3v) is 12.4. The fourth-order valence-electron chi connectivity index (χ4n) is 8.66. The zero-order valence-electron chi connectivity index (χ0n) is 33.1. The zero-order chi connectivity index (χ0) is 43.9. The van der Waals surface area contributed by atoms with Gasteiger partial charge >= 0.3 is 6.09 Å². The number of halogens is 7. The second-order valence-electron chi connectivity index (χ2n) is 16.3. The number of sulfone groups is 1. The van der Waals surface area contributed by atoms with Crippen LogP contribution >= 0.6 is 11.6 Å². The van der Waals surface area contributed by atoms with E-state index in [9.17, 15) is 35.6 Å². The molecule has 19 heteroatoms. The van der Waals surface area contributed by atoms with Gasteiger partial charge in [-0.1, -0.05) is 23.6 Å². The maximum absolute atomic E-state index is 15.5. The minimum absolute atomic E-state index is 0.0307. The summed E-state index contributed by atoms with van der Waals surface area (Å²) in [6.07, 6.45) is -3.37. The summed E-state index contributed by atoms with van der Waals surface area (Å²) < 4.78 is 121. The smallest absolute Gasteiger partial charge is 0.411 e. The van der Waals surface area contributed by atoms with Crippen LogP contribution in [-0.4, -0.2) is 74.7 Å². The molecule has 8 rings (SSSR count). The van der Waals surface area contributed by atoms with E-state index in [-0.39, 0.29) is 59.2 Å². The Kier molecular flexibility index (Phi) is 10.5. The standard InChI is InChI=1S/C42H37ClF6N6O5S/c1-41(2,54-11-12-60-40(54)57)10-9-25-5-6-27(28-7-8-31(43)34-32(20-61(4,58)59)51-53(3)37(28)34)35(50-25)22(13-21-14-23(44)17-24(45)15-21)16-26(56)19-55-38-33(36(52-55)39(46)47)29-18-30(29)42(38,48)49/h5-8,14-15,17,22,29-30,39H,11-13,16,18-20H2,1-4H3/t22-,29+,30-/m1/s1. The topological polar surface area (TPSA) is 129 Å². The molecule has 1 saturated heterocycles. The first kappa shape index (κ1) is 42.3. The van der Waals surface area contributed by atoms with E-state index in [1.807, 2.05) is 0 Å². The van der Waals surface area contributed by atoms with Crippen molar-refractivity contribution >= 4 is 44.2 Å². The Labute approximate surface area is 350 Å². The lowest BCUT2D eigenvalue weighted by Gasteiger charge is -2.27. The number of aryl methyl sites for hydroxylation is 1. The van der Waals surface area contributed by atoms with E-state index < -0.39 is 99.1 Å². The number of rotatable bonds is 12. The maximum atomic E-state index is 15.5. The largest absolute Gasteiger partial charge is 0.447 e. The van der Waals surface area contributed by atoms with Gasteiger partial charge in [0.05, 0.1) is 34.2 Å². The van der Waals surface area contributed by atoms with E-state index in [0.29, 0.717) is 32.8 Å². The Hall–Kier alpha value is -5.41. The fourth-order valence-corrected chi connectivity index (χ4v) is 9.62. The highest BCUT2D eigenvalue weighted by atomic mass is 35.5. The molecule has 0 N–H and O–H groups in total. The minimum Gasteiger partial charge on any atom is -0.447 e. The van der Waals surface area contributed by atoms with Crippen molar-refractivity contribution in [2.45, 2.75) is 75.1 Å². The summed E-state index contributed by atoms with van der Waals surface area (Å²) in [6.45, 7) is 3.07. The summed E-state index contributed by atoms with van der Waals surface area (Å²) in [5.74, 6) is -3.45. The van der Waals surface area contributed by atoms with Crippen LogP contribution in [0.5, 0.6) is 0 Å². The third-order valence-electron chi connectivity index (χ3n) is 11.3. The number of amides is 1. The van der Waals surface area contributed by atoms with Crippen molar-refractivity contribution in [2.75, 3.05) is 19.4 Å². The van der Waals surface area contributed by atoms with Gasteiger partial charge in [0, 0.05) is 59.7 Å². The van der Waals surface area contributed by atoms with Gasteiger partial charge in [0.25, 0.3) is 12.3 Å². The third kappa shape index (κ3) is 7.98. The maximum Gasteiger partial charge on any atom is 0.411 e. The monoisotopic (exact) mass is 886 g/mol. The Morgan fingerprint density at radius 2 is 1.77 bits per heavy atom. The van der Waals surface area contributed by atoms with Crippen LogP contribution in [-0.2, 0) is 51.1 Å². The molecule has 2 aliphatic carbocycles. The second kappa shape index (κ2) is 15.2. The number of aromatic nitrogens is 5. The molecule has 1 amide bonds. The highest BCUT2D eigenvalue weighted by Crippen LogP contribution is 2.68. The lowest BCUT2D eigenvalue weighted by atomic mass is 9.86. The quantitative estimate of drug-likeness (QED) is 0.0911. The SMILES string of the molecule is Cn1nc(CS(C)(=O)=O)c2c(Cl)ccc(-c3ccc(C#CC(C)(C)N4CCOC4=O)nc3[C@@H](CC(=O)Cn3nc(C(F)F)c4c3C(F)(F)[C@@H]3C[C@H]43)Cc3cc(F)cc(F)c3)c21. The van der Waals surface area contributed by atoms with Gasteiger partial charge in [-0.2, -0.15) is 19.0 Å². The molecule has 3 atom stereocenters. The van der Waals surface area contributed by atoms with E-state index in [0.717, 1.165) is 18.4 Å². The van der Waals surface area contributed by atoms with E-state index >= 15 is 8.78 Å². The van der Waals surface area contributed by atoms with Crippen molar-refractivity contribution in [3.63, 3.8) is 0 Å². The second-order valence-corrected chi connectivity index (χ2v) is 18.8. The van der Waals surface area contributed by atoms with Crippen LogP contribution in [0.1, 0.15) is 84.5 Å². The van der Waals surface area contributed by atoms with E-state index in [1.165, 1.54) is 15.6 Å². The first-order valence-corrected chi connectivity index (χ1v) is 21.6. The molecule has 0 unspecified atom stereocenters. The number of fused-ring (bicyclic) bond motifs is 4. The average Bonchev–Trinajstić information content (AvgIpc) is 3.37. The summed E-state index contributed by atoms with van der Waals surface area (Å²) >= 11 is 6.67. The Balaban J connectivity index is 1.28. The zero-order valence-corrected chi connectivity index (χ0v) is 34.7. The fraction of sp³-hybridized carbons (Fsp3) is 0.405. The predicted octanol–water partition coefficient (Wildman–Crippen LogP) is 8.02. The molecule has 1 aliphatic heterocycles. The Morgan fingerprint density at radius 1 is 1.07 bits per heavy atom. The van der Waals surface area contributed by atoms with Crippen molar-refractivity contribution in [3.05, 3.63) is 98.7 Å². The highest BCUT2D eigenvalue weighted by Gasteiger charge is 2.67. The molecule has 0 radical (unpaired) electrons. The van der Waals surface area contributed by atoms with Crippen LogP contribution in [0.15, 0.2) is 42.5 Å². The number of pyridine rings is 1. The van der Waals surface area contributed by atoms with Gasteiger partial charge in [-0.05, 0) is 74.4 Å². The van der Waals surface area contributed by atoms with Crippen molar-refractivity contribution in [1.29, 1.82) is 0 Å². The molecule has 320 valence electrons. The van der Waals surface area contributed by atoms with Gasteiger partial charge in [0.15, 0.2) is 15.6 Å². The van der Waals surface area contributed by atoms with Crippen molar-refractivity contribution in [2.24, 2.45) is 13.0 Å². The number of carbonyl (C=O) groups is 2. The van der Waals surface area contributed by atoms with Crippen molar-refractivity contribution < 1.29 is 49.1 Å². The van der Waals surface area contributed by atoms with Gasteiger partial charge in [-0.25, -0.2) is 35.8 Å². The Bertz CT molecular complexity index is 2810. The van der Waals surface area contributed by atoms with E-state index in [2.05, 4.69) is 22.0 Å². The van der Waals surface area contributed by atoms with Crippen molar-refractivity contribution in [3.8, 4) is 23.0 Å². The number of nitrogens with zero attached hydrogens (tertiary/aromatic N) is 6. The number of ketones is 1. The molecule has 4 heterocycles. The molecule has 5 aromatic rings. The van der Waals surface area contributed by atoms with Gasteiger partial charge in [0.1, 0.15) is 47.4 Å². The number of ether oxygens (including phenoxy) is 1. The van der Waals surface area contributed by atoms with Crippen LogP contribution in [0.4, 0.5) is 31.1 Å². The predicted molar refractivity (Wildman–Crippen MR) is 211 cm³/mol. The number of benzene rings is 2. The average molecular weight is 887 g/mol. The number of Topliss-reactive ketones (excluding diaryl/α,β-unsaturated/α-hetero) is 1. The minimum atomic E-state index is -3.59. The highest BCUT2D eigenvalue weighted by molar-refractivity contribution is 7.89. The molecular formula is C42H37ClF6N6O5S. The van der Waals surface area contributed by atoms with Crippen LogP contribution in [0.3, 0.4) is 0 Å². The lowest BCUT2D eigenvalue weighted by molar-refractivity contribution is -0.120. The van der Waals surface area contributed by atoms with Crippen LogP contribution < -0.4 is 0 Å². The summed E-state index contributed by atoms with van der Waals surface area (Å²) in [5.41, 5.74) is -1.03. The molecule has 0 bridgehead atoms. The van der Waals surface area contributed by atoms with Gasteiger partial charge in [-0.15, -0.1) is 0 Å². The molecular weight excluding hydrogens is 850 g/mol. The Morgan fingerprint density at radius 3 is 2.43 bits per heavy atom. The van der Waals surface area contributed by atoms with E-state index in [4.69, 9.17) is 21.3 Å².